The third kappa shape index (κ3) is 4.67. The second kappa shape index (κ2) is 10.4. The zero-order valence-electron chi connectivity index (χ0n) is 20.2. The molecule has 0 aliphatic rings. The number of hydrogen-bond acceptors (Lipinski definition) is 11. The van der Waals surface area contributed by atoms with Crippen molar-refractivity contribution in [2.45, 2.75) is 0 Å². The van der Waals surface area contributed by atoms with Crippen molar-refractivity contribution in [3.8, 4) is 69.2 Å². The zero-order chi connectivity index (χ0) is 26.5. The number of hydrogen-bond donors (Lipinski definition) is 0. The Hall–Kier alpha value is -5.81. The van der Waals surface area contributed by atoms with E-state index in [2.05, 4.69) is 47.5 Å². The van der Waals surface area contributed by atoms with E-state index in [-0.39, 0.29) is 23.0 Å². The van der Waals surface area contributed by atoms with Gasteiger partial charge in [-0.15, -0.1) is 20.4 Å². The summed E-state index contributed by atoms with van der Waals surface area (Å²) in [4.78, 5) is 13.3. The first-order chi connectivity index (χ1) is 18.6. The maximum Gasteiger partial charge on any atom is 0.201 e. The lowest BCUT2D eigenvalue weighted by Crippen LogP contribution is -2.04. The molecule has 11 nitrogen and oxygen atoms in total. The Labute approximate surface area is 217 Å². The first-order valence-corrected chi connectivity index (χ1v) is 11.2. The van der Waals surface area contributed by atoms with Gasteiger partial charge >= 0.3 is 0 Å². The molecule has 0 spiro atoms. The highest BCUT2D eigenvalue weighted by atomic mass is 16.5. The van der Waals surface area contributed by atoms with E-state index < -0.39 is 0 Å². The Morgan fingerprint density at radius 1 is 0.553 bits per heavy atom. The summed E-state index contributed by atoms with van der Waals surface area (Å²) in [5.74, 6) is 1.67. The Kier molecular flexibility index (Phi) is 6.57. The van der Waals surface area contributed by atoms with Gasteiger partial charge in [-0.3, -0.25) is 0 Å². The van der Waals surface area contributed by atoms with Crippen molar-refractivity contribution in [1.29, 1.82) is 10.5 Å². The van der Waals surface area contributed by atoms with Gasteiger partial charge in [0.1, 0.15) is 46.4 Å². The number of pyridine rings is 1. The molecule has 0 N–H and O–H groups in total. The summed E-state index contributed by atoms with van der Waals surface area (Å²) in [7, 11) is 3.15. The second-order valence-corrected chi connectivity index (χ2v) is 7.75. The third-order valence-corrected chi connectivity index (χ3v) is 5.52. The fourth-order valence-electron chi connectivity index (χ4n) is 3.60. The summed E-state index contributed by atoms with van der Waals surface area (Å²) >= 11 is 0. The summed E-state index contributed by atoms with van der Waals surface area (Å²) in [6.45, 7) is 0. The standard InChI is InChI=1S/C27H17N9O2/c1-37-18-10-6-16(7-11-18)24-22(14-28)31-26(35-33-24)20-4-3-5-21(30-20)27-32-23(15-29)25(34-36-27)17-8-12-19(38-2)13-9-17/h3-13H,1-2H3. The Bertz CT molecular complexity index is 1580. The summed E-state index contributed by atoms with van der Waals surface area (Å²) in [5, 5.41) is 36.2. The number of nitriles is 2. The second-order valence-electron chi connectivity index (χ2n) is 7.75. The first kappa shape index (κ1) is 23.9. The summed E-state index contributed by atoms with van der Waals surface area (Å²) in [6, 6.07) is 23.4. The van der Waals surface area contributed by atoms with Crippen molar-refractivity contribution >= 4 is 0 Å². The number of rotatable bonds is 6. The lowest BCUT2D eigenvalue weighted by atomic mass is 10.1. The van der Waals surface area contributed by atoms with Crippen LogP contribution >= 0.6 is 0 Å². The van der Waals surface area contributed by atoms with Crippen molar-refractivity contribution in [3.63, 3.8) is 0 Å². The van der Waals surface area contributed by atoms with Gasteiger partial charge in [-0.1, -0.05) is 6.07 Å². The number of ether oxygens (including phenoxy) is 2. The van der Waals surface area contributed by atoms with Crippen molar-refractivity contribution < 1.29 is 9.47 Å². The molecule has 0 saturated heterocycles. The molecule has 5 aromatic rings. The minimum absolute atomic E-state index is 0.0981. The highest BCUT2D eigenvalue weighted by molar-refractivity contribution is 5.68. The zero-order valence-corrected chi connectivity index (χ0v) is 20.2. The molecule has 0 atom stereocenters. The van der Waals surface area contributed by atoms with Gasteiger partial charge in [-0.25, -0.2) is 15.0 Å². The molecule has 0 radical (unpaired) electrons. The monoisotopic (exact) mass is 499 g/mol. The van der Waals surface area contributed by atoms with E-state index in [0.29, 0.717) is 45.4 Å². The van der Waals surface area contributed by atoms with Gasteiger partial charge in [0.2, 0.25) is 11.6 Å². The molecule has 3 aromatic heterocycles. The lowest BCUT2D eigenvalue weighted by Gasteiger charge is -2.07. The average Bonchev–Trinajstić information content (AvgIpc) is 3.00. The number of nitrogens with zero attached hydrogens (tertiary/aromatic N) is 9. The highest BCUT2D eigenvalue weighted by Crippen LogP contribution is 2.26. The molecule has 5 rings (SSSR count). The minimum atomic E-state index is 0.0981. The van der Waals surface area contributed by atoms with Gasteiger partial charge in [0, 0.05) is 11.1 Å². The van der Waals surface area contributed by atoms with Crippen molar-refractivity contribution in [2.75, 3.05) is 14.2 Å². The van der Waals surface area contributed by atoms with Crippen LogP contribution in [-0.2, 0) is 0 Å². The maximum atomic E-state index is 9.70. The van der Waals surface area contributed by atoms with E-state index in [9.17, 15) is 10.5 Å². The SMILES string of the molecule is COc1ccc(-c2nnc(-c3cccc(-c4nnc(-c5ccc(OC)cc5)c(C#N)n4)n3)nc2C#N)cc1. The predicted molar refractivity (Wildman–Crippen MR) is 135 cm³/mol. The normalized spacial score (nSPS) is 10.3. The molecule has 0 unspecified atom stereocenters. The molecule has 0 bridgehead atoms. The minimum Gasteiger partial charge on any atom is -0.497 e. The molecule has 3 heterocycles. The van der Waals surface area contributed by atoms with E-state index in [4.69, 9.17) is 9.47 Å². The van der Waals surface area contributed by atoms with Gasteiger partial charge in [0.05, 0.1) is 14.2 Å². The van der Waals surface area contributed by atoms with Crippen LogP contribution in [0.15, 0.2) is 66.7 Å². The van der Waals surface area contributed by atoms with E-state index in [1.54, 1.807) is 80.9 Å². The third-order valence-electron chi connectivity index (χ3n) is 5.52. The topological polar surface area (TPSA) is 156 Å². The van der Waals surface area contributed by atoms with Gasteiger partial charge < -0.3 is 9.47 Å². The molecule has 0 amide bonds. The fourth-order valence-corrected chi connectivity index (χ4v) is 3.60. The van der Waals surface area contributed by atoms with Crippen LogP contribution in [0, 0.1) is 22.7 Å². The van der Waals surface area contributed by atoms with Crippen LogP contribution in [0.4, 0.5) is 0 Å². The van der Waals surface area contributed by atoms with E-state index in [1.807, 2.05) is 0 Å². The van der Waals surface area contributed by atoms with Crippen molar-refractivity contribution in [1.82, 2.24) is 35.3 Å². The van der Waals surface area contributed by atoms with Crippen molar-refractivity contribution in [3.05, 3.63) is 78.1 Å². The summed E-state index contributed by atoms with van der Waals surface area (Å²) in [5.41, 5.74) is 2.95. The molecule has 0 aliphatic carbocycles. The quantitative estimate of drug-likeness (QED) is 0.334. The molecule has 182 valence electrons. The molecule has 0 fully saturated rings. The summed E-state index contributed by atoms with van der Waals surface area (Å²) in [6.07, 6.45) is 0. The van der Waals surface area contributed by atoms with Crippen LogP contribution in [0.25, 0.3) is 45.6 Å². The van der Waals surface area contributed by atoms with E-state index >= 15 is 0 Å². The van der Waals surface area contributed by atoms with Crippen LogP contribution < -0.4 is 9.47 Å². The Morgan fingerprint density at radius 2 is 0.974 bits per heavy atom. The van der Waals surface area contributed by atoms with E-state index in [1.165, 1.54) is 0 Å². The van der Waals surface area contributed by atoms with Crippen molar-refractivity contribution in [2.24, 2.45) is 0 Å². The van der Waals surface area contributed by atoms with Gasteiger partial charge in [-0.05, 0) is 60.7 Å². The van der Waals surface area contributed by atoms with Gasteiger partial charge in [0.25, 0.3) is 0 Å². The molecule has 0 aliphatic heterocycles. The lowest BCUT2D eigenvalue weighted by molar-refractivity contribution is 0.415. The molecule has 0 saturated carbocycles. The molecule has 11 heteroatoms. The van der Waals surface area contributed by atoms with Crippen LogP contribution in [0.3, 0.4) is 0 Å². The van der Waals surface area contributed by atoms with Crippen LogP contribution in [-0.4, -0.2) is 49.6 Å². The van der Waals surface area contributed by atoms with Crippen LogP contribution in [0.5, 0.6) is 11.5 Å². The molecule has 38 heavy (non-hydrogen) atoms. The first-order valence-electron chi connectivity index (χ1n) is 11.2. The van der Waals surface area contributed by atoms with Crippen LogP contribution in [0.1, 0.15) is 11.4 Å². The van der Waals surface area contributed by atoms with Crippen LogP contribution in [0.2, 0.25) is 0 Å². The average molecular weight is 499 g/mol. The molecular formula is C27H17N9O2. The number of benzene rings is 2. The number of aromatic nitrogens is 7. The molecule has 2 aromatic carbocycles. The maximum absolute atomic E-state index is 9.70. The number of methoxy groups -OCH3 is 2. The van der Waals surface area contributed by atoms with Gasteiger partial charge in [0.15, 0.2) is 11.4 Å². The molecular weight excluding hydrogens is 482 g/mol. The smallest absolute Gasteiger partial charge is 0.201 e. The Morgan fingerprint density at radius 3 is 1.34 bits per heavy atom. The van der Waals surface area contributed by atoms with Gasteiger partial charge in [-0.2, -0.15) is 10.5 Å². The predicted octanol–water partition coefficient (Wildman–Crippen LogP) is 3.88. The van der Waals surface area contributed by atoms with E-state index in [0.717, 1.165) is 0 Å². The summed E-state index contributed by atoms with van der Waals surface area (Å²) < 4.78 is 10.4. The largest absolute Gasteiger partial charge is 0.497 e. The highest BCUT2D eigenvalue weighted by Gasteiger charge is 2.17. The fraction of sp³-hybridized carbons (Fsp3) is 0.0741. The Balaban J connectivity index is 1.48.